The smallest absolute Gasteiger partial charge is 0.240 e. The summed E-state index contributed by atoms with van der Waals surface area (Å²) in [5.41, 5.74) is 2.14. The molecule has 1 heterocycles. The van der Waals surface area contributed by atoms with Gasteiger partial charge in [-0.25, -0.2) is 0 Å². The Balaban J connectivity index is 1.72. The average Bonchev–Trinajstić information content (AvgIpc) is 2.87. The van der Waals surface area contributed by atoms with Crippen molar-refractivity contribution >= 4 is 18.1 Å². The number of amides is 1. The summed E-state index contributed by atoms with van der Waals surface area (Å²) in [6, 6.07) is 8.06. The Morgan fingerprint density at radius 1 is 1.29 bits per heavy atom. The van der Waals surface area contributed by atoms with E-state index >= 15 is 0 Å². The quantitative estimate of drug-likeness (QED) is 0.572. The molecule has 1 saturated carbocycles. The van der Waals surface area contributed by atoms with Crippen molar-refractivity contribution in [3.63, 3.8) is 0 Å². The first-order valence-electron chi connectivity index (χ1n) is 10.1. The third-order valence-electron chi connectivity index (χ3n) is 5.93. The van der Waals surface area contributed by atoms with Gasteiger partial charge in [0.1, 0.15) is 6.54 Å². The average molecular weight is 402 g/mol. The number of carbonyl (C=O) groups excluding carboxylic acids is 1. The zero-order valence-corrected chi connectivity index (χ0v) is 17.9. The van der Waals surface area contributed by atoms with Gasteiger partial charge >= 0.3 is 0 Å². The largest absolute Gasteiger partial charge is 0.353 e. The Morgan fingerprint density at radius 3 is 2.64 bits per heavy atom. The van der Waals surface area contributed by atoms with Crippen LogP contribution in [0.15, 0.2) is 24.3 Å². The molecule has 7 heteroatoms. The number of hydrogen-bond donors (Lipinski definition) is 2. The standard InChI is InChI=1S/C21H31N5OS/c1-16-9-8-10-17(13-16)19-23-24-20(28)26(19)14-18(27)22-15-21(25(2)3)11-6-4-5-7-12-21/h8-10,13H,4-7,11-12,14-15H2,1-3H3,(H,22,27)(H,24,28). The Labute approximate surface area is 172 Å². The third kappa shape index (κ3) is 4.70. The van der Waals surface area contributed by atoms with Crippen molar-refractivity contribution in [2.45, 2.75) is 57.5 Å². The predicted octanol–water partition coefficient (Wildman–Crippen LogP) is 3.69. The van der Waals surface area contributed by atoms with Crippen LogP contribution in [-0.4, -0.2) is 51.8 Å². The van der Waals surface area contributed by atoms with Crippen molar-refractivity contribution in [3.8, 4) is 11.4 Å². The van der Waals surface area contributed by atoms with E-state index in [1.165, 1.54) is 25.7 Å². The van der Waals surface area contributed by atoms with Crippen molar-refractivity contribution in [1.29, 1.82) is 0 Å². The molecule has 1 aliphatic carbocycles. The lowest BCUT2D eigenvalue weighted by atomic mass is 9.88. The van der Waals surface area contributed by atoms with Crippen LogP contribution >= 0.6 is 12.2 Å². The van der Waals surface area contributed by atoms with E-state index in [9.17, 15) is 4.79 Å². The summed E-state index contributed by atoms with van der Waals surface area (Å²) < 4.78 is 2.23. The summed E-state index contributed by atoms with van der Waals surface area (Å²) in [5.74, 6) is 0.664. The van der Waals surface area contributed by atoms with Crippen LogP contribution in [0.3, 0.4) is 0 Å². The lowest BCUT2D eigenvalue weighted by Gasteiger charge is -2.39. The molecule has 152 valence electrons. The zero-order valence-electron chi connectivity index (χ0n) is 17.1. The highest BCUT2D eigenvalue weighted by Crippen LogP contribution is 2.30. The van der Waals surface area contributed by atoms with E-state index in [1.54, 1.807) is 4.57 Å². The summed E-state index contributed by atoms with van der Waals surface area (Å²) in [7, 11) is 4.25. The molecule has 1 aliphatic rings. The molecule has 1 aromatic carbocycles. The van der Waals surface area contributed by atoms with Crippen molar-refractivity contribution in [3.05, 3.63) is 34.6 Å². The highest BCUT2D eigenvalue weighted by Gasteiger charge is 2.33. The Morgan fingerprint density at radius 2 is 2.00 bits per heavy atom. The maximum atomic E-state index is 12.8. The number of nitrogens with one attached hydrogen (secondary N) is 2. The fraction of sp³-hybridized carbons (Fsp3) is 0.571. The number of H-pyrrole nitrogens is 1. The lowest BCUT2D eigenvalue weighted by Crippen LogP contribution is -2.52. The third-order valence-corrected chi connectivity index (χ3v) is 6.25. The van der Waals surface area contributed by atoms with Gasteiger partial charge in [-0.2, -0.15) is 5.10 Å². The van der Waals surface area contributed by atoms with Gasteiger partial charge in [0.05, 0.1) is 0 Å². The molecule has 28 heavy (non-hydrogen) atoms. The fourth-order valence-corrected chi connectivity index (χ4v) is 4.30. The monoisotopic (exact) mass is 401 g/mol. The van der Waals surface area contributed by atoms with E-state index in [4.69, 9.17) is 12.2 Å². The molecule has 0 aliphatic heterocycles. The van der Waals surface area contributed by atoms with Crippen molar-refractivity contribution in [2.75, 3.05) is 20.6 Å². The minimum Gasteiger partial charge on any atom is -0.353 e. The van der Waals surface area contributed by atoms with Crippen molar-refractivity contribution in [2.24, 2.45) is 0 Å². The molecule has 0 unspecified atom stereocenters. The van der Waals surface area contributed by atoms with Crippen LogP contribution in [0.2, 0.25) is 0 Å². The summed E-state index contributed by atoms with van der Waals surface area (Å²) in [4.78, 5) is 15.1. The zero-order chi connectivity index (χ0) is 20.1. The maximum absolute atomic E-state index is 12.8. The summed E-state index contributed by atoms with van der Waals surface area (Å²) in [5, 5.41) is 10.3. The number of hydrogen-bond acceptors (Lipinski definition) is 4. The van der Waals surface area contributed by atoms with E-state index in [0.717, 1.165) is 24.0 Å². The molecular weight excluding hydrogens is 370 g/mol. The van der Waals surface area contributed by atoms with E-state index in [2.05, 4.69) is 34.5 Å². The van der Waals surface area contributed by atoms with Gasteiger partial charge in [-0.1, -0.05) is 49.4 Å². The van der Waals surface area contributed by atoms with Gasteiger partial charge in [0.25, 0.3) is 0 Å². The fourth-order valence-electron chi connectivity index (χ4n) is 4.10. The first-order valence-corrected chi connectivity index (χ1v) is 10.5. The molecule has 3 rings (SSSR count). The first-order chi connectivity index (χ1) is 13.4. The van der Waals surface area contributed by atoms with Crippen LogP contribution < -0.4 is 5.32 Å². The van der Waals surface area contributed by atoms with Crippen LogP contribution in [-0.2, 0) is 11.3 Å². The molecule has 6 nitrogen and oxygen atoms in total. The second kappa shape index (κ2) is 9.01. The highest BCUT2D eigenvalue weighted by atomic mass is 32.1. The van der Waals surface area contributed by atoms with E-state index < -0.39 is 0 Å². The Bertz CT molecular complexity index is 862. The normalized spacial score (nSPS) is 16.7. The summed E-state index contributed by atoms with van der Waals surface area (Å²) in [6.07, 6.45) is 7.26. The number of nitrogens with zero attached hydrogens (tertiary/aromatic N) is 3. The second-order valence-corrected chi connectivity index (χ2v) is 8.50. The predicted molar refractivity (Wildman–Crippen MR) is 115 cm³/mol. The molecule has 0 bridgehead atoms. The molecule has 0 spiro atoms. The van der Waals surface area contributed by atoms with Gasteiger partial charge in [-0.3, -0.25) is 14.5 Å². The lowest BCUT2D eigenvalue weighted by molar-refractivity contribution is -0.122. The molecular formula is C21H31N5OS. The van der Waals surface area contributed by atoms with Gasteiger partial charge in [-0.15, -0.1) is 0 Å². The highest BCUT2D eigenvalue weighted by molar-refractivity contribution is 7.71. The van der Waals surface area contributed by atoms with Gasteiger partial charge in [-0.05, 0) is 52.1 Å². The van der Waals surface area contributed by atoms with Crippen LogP contribution in [0.4, 0.5) is 0 Å². The molecule has 0 atom stereocenters. The number of aromatic amines is 1. The molecule has 1 aromatic heterocycles. The molecule has 1 fully saturated rings. The molecule has 0 radical (unpaired) electrons. The first kappa shape index (κ1) is 20.7. The number of rotatable bonds is 6. The van der Waals surface area contributed by atoms with Crippen LogP contribution in [0.25, 0.3) is 11.4 Å². The Hall–Kier alpha value is -1.99. The number of benzene rings is 1. The van der Waals surface area contributed by atoms with Gasteiger partial charge in [0.15, 0.2) is 10.6 Å². The number of carbonyl (C=O) groups is 1. The van der Waals surface area contributed by atoms with Crippen LogP contribution in [0.5, 0.6) is 0 Å². The maximum Gasteiger partial charge on any atom is 0.240 e. The number of aryl methyl sites for hydroxylation is 1. The summed E-state index contributed by atoms with van der Waals surface area (Å²) >= 11 is 5.37. The van der Waals surface area contributed by atoms with Crippen molar-refractivity contribution < 1.29 is 4.79 Å². The van der Waals surface area contributed by atoms with E-state index in [0.29, 0.717) is 17.1 Å². The SMILES string of the molecule is Cc1cccc(-c2n[nH]c(=S)n2CC(=O)NCC2(N(C)C)CCCCCC2)c1. The topological polar surface area (TPSA) is 66.0 Å². The minimum absolute atomic E-state index is 0.0307. The molecule has 1 amide bonds. The second-order valence-electron chi connectivity index (χ2n) is 8.12. The van der Waals surface area contributed by atoms with Crippen LogP contribution in [0.1, 0.15) is 44.1 Å². The Kier molecular flexibility index (Phi) is 6.67. The molecule has 2 N–H and O–H groups in total. The van der Waals surface area contributed by atoms with Gasteiger partial charge in [0.2, 0.25) is 5.91 Å². The van der Waals surface area contributed by atoms with Gasteiger partial charge in [0, 0.05) is 17.6 Å². The van der Waals surface area contributed by atoms with Crippen molar-refractivity contribution in [1.82, 2.24) is 25.0 Å². The number of aromatic nitrogens is 3. The van der Waals surface area contributed by atoms with Gasteiger partial charge < -0.3 is 10.2 Å². The van der Waals surface area contributed by atoms with E-state index in [-0.39, 0.29) is 18.0 Å². The minimum atomic E-state index is -0.0307. The molecule has 0 saturated heterocycles. The molecule has 2 aromatic rings. The number of likely N-dealkylation sites (N-methyl/N-ethyl adjacent to an activating group) is 1. The summed E-state index contributed by atoms with van der Waals surface area (Å²) in [6.45, 7) is 2.88. The van der Waals surface area contributed by atoms with Crippen LogP contribution in [0, 0.1) is 11.7 Å². The van der Waals surface area contributed by atoms with E-state index in [1.807, 2.05) is 31.2 Å².